The van der Waals surface area contributed by atoms with Crippen LogP contribution in [-0.4, -0.2) is 30.5 Å². The van der Waals surface area contributed by atoms with Gasteiger partial charge in [0.15, 0.2) is 0 Å². The maximum absolute atomic E-state index is 11.7. The molecule has 0 atom stereocenters. The molecule has 1 aromatic heterocycles. The molecule has 1 aliphatic rings. The van der Waals surface area contributed by atoms with E-state index in [1.807, 2.05) is 19.9 Å². The molecule has 1 aromatic rings. The van der Waals surface area contributed by atoms with Crippen molar-refractivity contribution in [3.8, 4) is 0 Å². The summed E-state index contributed by atoms with van der Waals surface area (Å²) in [6.45, 7) is 8.49. The van der Waals surface area contributed by atoms with Crippen LogP contribution < -0.4 is 16.4 Å². The lowest BCUT2D eigenvalue weighted by Crippen LogP contribution is -2.43. The van der Waals surface area contributed by atoms with E-state index in [0.29, 0.717) is 12.1 Å². The van der Waals surface area contributed by atoms with Gasteiger partial charge in [0.1, 0.15) is 5.82 Å². The number of aromatic nitrogens is 1. The number of anilines is 1. The third kappa shape index (κ3) is 2.77. The van der Waals surface area contributed by atoms with Gasteiger partial charge in [-0.1, -0.05) is 6.92 Å². The summed E-state index contributed by atoms with van der Waals surface area (Å²) in [5.41, 5.74) is 13.9. The molecule has 4 N–H and O–H groups in total. The molecule has 110 valence electrons. The molecule has 2 rings (SSSR count). The van der Waals surface area contributed by atoms with E-state index >= 15 is 0 Å². The lowest BCUT2D eigenvalue weighted by Gasteiger charge is -2.39. The van der Waals surface area contributed by atoms with Gasteiger partial charge in [0.2, 0.25) is 0 Å². The van der Waals surface area contributed by atoms with Gasteiger partial charge in [-0.2, -0.15) is 0 Å². The zero-order valence-corrected chi connectivity index (χ0v) is 12.6. The predicted molar refractivity (Wildman–Crippen MR) is 80.8 cm³/mol. The minimum absolute atomic E-state index is 0.197. The van der Waals surface area contributed by atoms with Crippen molar-refractivity contribution in [2.75, 3.05) is 24.5 Å². The highest BCUT2D eigenvalue weighted by atomic mass is 16.1. The summed E-state index contributed by atoms with van der Waals surface area (Å²) < 4.78 is 0. The first kappa shape index (κ1) is 14.8. The van der Waals surface area contributed by atoms with Gasteiger partial charge in [0.25, 0.3) is 5.91 Å². The molecule has 0 radical (unpaired) electrons. The van der Waals surface area contributed by atoms with Crippen LogP contribution in [0.25, 0.3) is 0 Å². The van der Waals surface area contributed by atoms with Crippen molar-refractivity contribution < 1.29 is 4.79 Å². The van der Waals surface area contributed by atoms with Gasteiger partial charge in [-0.3, -0.25) is 4.79 Å². The number of rotatable bonds is 3. The van der Waals surface area contributed by atoms with Crippen molar-refractivity contribution in [2.45, 2.75) is 33.6 Å². The van der Waals surface area contributed by atoms with E-state index in [-0.39, 0.29) is 5.41 Å². The predicted octanol–water partition coefficient (Wildman–Crippen LogP) is 1.36. The Morgan fingerprint density at radius 3 is 2.50 bits per heavy atom. The third-order valence-electron chi connectivity index (χ3n) is 4.33. The Bertz CT molecular complexity index is 519. The van der Waals surface area contributed by atoms with Crippen LogP contribution in [0.3, 0.4) is 0 Å². The zero-order valence-electron chi connectivity index (χ0n) is 12.6. The van der Waals surface area contributed by atoms with Gasteiger partial charge in [0.05, 0.1) is 5.56 Å². The van der Waals surface area contributed by atoms with Crippen LogP contribution in [0.1, 0.15) is 41.4 Å². The number of piperidine rings is 1. The van der Waals surface area contributed by atoms with Crippen LogP contribution in [0.4, 0.5) is 5.82 Å². The molecule has 5 nitrogen and oxygen atoms in total. The second kappa shape index (κ2) is 5.40. The van der Waals surface area contributed by atoms with E-state index < -0.39 is 5.91 Å². The van der Waals surface area contributed by atoms with Crippen molar-refractivity contribution in [3.05, 3.63) is 22.9 Å². The Morgan fingerprint density at radius 1 is 1.40 bits per heavy atom. The number of carbonyl (C=O) groups is 1. The maximum atomic E-state index is 11.7. The van der Waals surface area contributed by atoms with Crippen LogP contribution in [0, 0.1) is 19.3 Å². The fourth-order valence-corrected chi connectivity index (χ4v) is 2.81. The number of nitrogens with zero attached hydrogens (tertiary/aromatic N) is 2. The smallest absolute Gasteiger partial charge is 0.252 e. The average molecular weight is 276 g/mol. The number of hydrogen-bond donors (Lipinski definition) is 2. The minimum atomic E-state index is -0.405. The minimum Gasteiger partial charge on any atom is -0.365 e. The Kier molecular flexibility index (Phi) is 3.99. The van der Waals surface area contributed by atoms with Gasteiger partial charge in [-0.05, 0) is 50.3 Å². The summed E-state index contributed by atoms with van der Waals surface area (Å²) in [5.74, 6) is 0.325. The lowest BCUT2D eigenvalue weighted by molar-refractivity contribution is 0.0999. The van der Waals surface area contributed by atoms with Crippen LogP contribution in [-0.2, 0) is 0 Å². The van der Waals surface area contributed by atoms with E-state index in [4.69, 9.17) is 11.5 Å². The summed E-state index contributed by atoms with van der Waals surface area (Å²) >= 11 is 0. The quantitative estimate of drug-likeness (QED) is 0.873. The van der Waals surface area contributed by atoms with Crippen LogP contribution in [0.15, 0.2) is 6.07 Å². The number of carbonyl (C=O) groups excluding carboxylic acids is 1. The number of aryl methyl sites for hydroxylation is 2. The fourth-order valence-electron chi connectivity index (χ4n) is 2.81. The molecule has 2 heterocycles. The molecule has 1 aliphatic heterocycles. The van der Waals surface area contributed by atoms with Crippen LogP contribution in [0.2, 0.25) is 0 Å². The van der Waals surface area contributed by atoms with Crippen LogP contribution >= 0.6 is 0 Å². The highest BCUT2D eigenvalue weighted by Crippen LogP contribution is 2.33. The largest absolute Gasteiger partial charge is 0.365 e. The van der Waals surface area contributed by atoms with Crippen molar-refractivity contribution in [1.29, 1.82) is 0 Å². The van der Waals surface area contributed by atoms with Crippen molar-refractivity contribution >= 4 is 11.7 Å². The molecule has 1 saturated heterocycles. The summed E-state index contributed by atoms with van der Waals surface area (Å²) in [4.78, 5) is 18.4. The second-order valence-corrected chi connectivity index (χ2v) is 6.15. The third-order valence-corrected chi connectivity index (χ3v) is 4.33. The summed E-state index contributed by atoms with van der Waals surface area (Å²) in [5, 5.41) is 0. The van der Waals surface area contributed by atoms with Crippen LogP contribution in [0.5, 0.6) is 0 Å². The molecule has 0 bridgehead atoms. The number of amides is 1. The summed E-state index contributed by atoms with van der Waals surface area (Å²) in [7, 11) is 0. The Morgan fingerprint density at radius 2 is 2.00 bits per heavy atom. The Hall–Kier alpha value is -1.62. The van der Waals surface area contributed by atoms with Crippen molar-refractivity contribution in [3.63, 3.8) is 0 Å². The number of primary amides is 1. The topological polar surface area (TPSA) is 85.2 Å². The van der Waals surface area contributed by atoms with E-state index in [0.717, 1.165) is 43.0 Å². The highest BCUT2D eigenvalue weighted by molar-refractivity contribution is 5.99. The molecule has 1 amide bonds. The van der Waals surface area contributed by atoms with Gasteiger partial charge in [0, 0.05) is 18.8 Å². The van der Waals surface area contributed by atoms with Gasteiger partial charge in [-0.25, -0.2) is 4.98 Å². The molecule has 1 fully saturated rings. The monoisotopic (exact) mass is 276 g/mol. The van der Waals surface area contributed by atoms with Gasteiger partial charge < -0.3 is 16.4 Å². The second-order valence-electron chi connectivity index (χ2n) is 6.15. The number of pyridine rings is 1. The molecule has 0 unspecified atom stereocenters. The first-order chi connectivity index (χ1) is 9.36. The molecule has 0 aromatic carbocycles. The Balaban J connectivity index is 2.32. The number of nitrogens with two attached hydrogens (primary N) is 2. The first-order valence-electron chi connectivity index (χ1n) is 7.09. The van der Waals surface area contributed by atoms with E-state index in [9.17, 15) is 4.79 Å². The first-order valence-corrected chi connectivity index (χ1v) is 7.09. The van der Waals surface area contributed by atoms with E-state index in [1.165, 1.54) is 0 Å². The van der Waals surface area contributed by atoms with Gasteiger partial charge >= 0.3 is 0 Å². The summed E-state index contributed by atoms with van der Waals surface area (Å²) in [6.07, 6.45) is 2.02. The summed E-state index contributed by atoms with van der Waals surface area (Å²) in [6, 6.07) is 1.90. The number of hydrogen-bond acceptors (Lipinski definition) is 4. The standard InChI is InChI=1S/C15H24N4O/c1-10-8-11(2)18-14(12(10)13(17)20)19-6-4-15(3,9-16)5-7-19/h8H,4-7,9,16H2,1-3H3,(H2,17,20). The average Bonchev–Trinajstić information content (AvgIpc) is 2.38. The molecular weight excluding hydrogens is 252 g/mol. The molecule has 5 heteroatoms. The molecule has 20 heavy (non-hydrogen) atoms. The zero-order chi connectivity index (χ0) is 14.9. The Labute approximate surface area is 120 Å². The SMILES string of the molecule is Cc1cc(C)c(C(N)=O)c(N2CCC(C)(CN)CC2)n1. The molecule has 0 saturated carbocycles. The van der Waals surface area contributed by atoms with E-state index in [2.05, 4.69) is 16.8 Å². The molecule has 0 aliphatic carbocycles. The molecular formula is C15H24N4O. The molecule has 0 spiro atoms. The van der Waals surface area contributed by atoms with Crippen molar-refractivity contribution in [2.24, 2.45) is 16.9 Å². The normalized spacial score (nSPS) is 18.1. The maximum Gasteiger partial charge on any atom is 0.252 e. The lowest BCUT2D eigenvalue weighted by atomic mass is 9.80. The highest BCUT2D eigenvalue weighted by Gasteiger charge is 2.31. The van der Waals surface area contributed by atoms with E-state index in [1.54, 1.807) is 0 Å². The fraction of sp³-hybridized carbons (Fsp3) is 0.600. The van der Waals surface area contributed by atoms with Gasteiger partial charge in [-0.15, -0.1) is 0 Å². The van der Waals surface area contributed by atoms with Crippen molar-refractivity contribution in [1.82, 2.24) is 4.98 Å².